The van der Waals surface area contributed by atoms with Crippen LogP contribution in [0.25, 0.3) is 0 Å². The second kappa shape index (κ2) is 12.1. The molecular weight excluding hydrogens is 422 g/mol. The zero-order valence-electron chi connectivity index (χ0n) is 18.6. The molecular formula is C22H30F2N4O4. The summed E-state index contributed by atoms with van der Waals surface area (Å²) < 4.78 is 33.5. The van der Waals surface area contributed by atoms with Gasteiger partial charge in [-0.25, -0.2) is 8.78 Å². The number of aromatic nitrogens is 3. The Morgan fingerprint density at radius 1 is 1.25 bits per heavy atom. The number of carboxylic acids is 1. The van der Waals surface area contributed by atoms with E-state index in [1.54, 1.807) is 13.1 Å². The first-order chi connectivity index (χ1) is 15.2. The summed E-state index contributed by atoms with van der Waals surface area (Å²) >= 11 is 0. The minimum Gasteiger partial charge on any atom is -0.491 e. The summed E-state index contributed by atoms with van der Waals surface area (Å²) in [4.78, 5) is 23.3. The van der Waals surface area contributed by atoms with Gasteiger partial charge in [0.1, 0.15) is 12.4 Å². The number of halogens is 2. The molecule has 2 atom stereocenters. The van der Waals surface area contributed by atoms with Crippen LogP contribution in [0.1, 0.15) is 43.0 Å². The monoisotopic (exact) mass is 452 g/mol. The molecule has 176 valence electrons. The molecule has 1 heterocycles. The summed E-state index contributed by atoms with van der Waals surface area (Å²) in [6, 6.07) is 5.41. The van der Waals surface area contributed by atoms with Crippen molar-refractivity contribution in [2.24, 2.45) is 5.92 Å². The summed E-state index contributed by atoms with van der Waals surface area (Å²) in [6.07, 6.45) is -1.30. The maximum Gasteiger partial charge on any atom is 0.303 e. The number of amides is 1. The summed E-state index contributed by atoms with van der Waals surface area (Å²) in [7, 11) is 0. The third kappa shape index (κ3) is 8.24. The van der Waals surface area contributed by atoms with Gasteiger partial charge < -0.3 is 15.2 Å². The van der Waals surface area contributed by atoms with Crippen molar-refractivity contribution in [3.63, 3.8) is 0 Å². The number of hydrogen-bond acceptors (Lipinski definition) is 5. The number of alkyl halides is 2. The number of benzene rings is 1. The molecule has 0 bridgehead atoms. The van der Waals surface area contributed by atoms with Crippen molar-refractivity contribution in [1.82, 2.24) is 20.3 Å². The van der Waals surface area contributed by atoms with Gasteiger partial charge in [0.15, 0.2) is 0 Å². The number of aliphatic carboxylic acids is 1. The van der Waals surface area contributed by atoms with Crippen molar-refractivity contribution >= 4 is 11.9 Å². The van der Waals surface area contributed by atoms with Gasteiger partial charge in [0, 0.05) is 37.9 Å². The highest BCUT2D eigenvalue weighted by atomic mass is 19.3. The van der Waals surface area contributed by atoms with Crippen molar-refractivity contribution in [2.45, 2.75) is 65.5 Å². The van der Waals surface area contributed by atoms with E-state index in [2.05, 4.69) is 15.6 Å². The number of carbonyl (C=O) groups excluding carboxylic acids is 1. The first kappa shape index (κ1) is 25.2. The topological polar surface area (TPSA) is 106 Å². The summed E-state index contributed by atoms with van der Waals surface area (Å²) in [5.74, 6) is -1.63. The van der Waals surface area contributed by atoms with Gasteiger partial charge in [-0.3, -0.25) is 14.3 Å². The van der Waals surface area contributed by atoms with Gasteiger partial charge in [-0.1, -0.05) is 23.4 Å². The molecule has 32 heavy (non-hydrogen) atoms. The van der Waals surface area contributed by atoms with Crippen molar-refractivity contribution in [3.05, 3.63) is 41.2 Å². The van der Waals surface area contributed by atoms with E-state index in [0.29, 0.717) is 18.7 Å². The predicted octanol–water partition coefficient (Wildman–Crippen LogP) is 3.16. The smallest absolute Gasteiger partial charge is 0.303 e. The standard InChI is InChI=1S/C22H30F2N4O4/c1-14-6-4-7-15(2)21(14)32-13-16(3)25-22(31)17(11-19(23)24)10-18-12-28(27-26-18)9-5-8-20(29)30/h4,6-7,12,16-17,19H,5,8-11,13H2,1-3H3,(H,25,31)(H,29,30). The second-order valence-corrected chi connectivity index (χ2v) is 7.94. The Kier molecular flexibility index (Phi) is 9.55. The van der Waals surface area contributed by atoms with Crippen molar-refractivity contribution in [3.8, 4) is 5.75 Å². The zero-order chi connectivity index (χ0) is 23.7. The van der Waals surface area contributed by atoms with E-state index >= 15 is 0 Å². The largest absolute Gasteiger partial charge is 0.491 e. The highest BCUT2D eigenvalue weighted by molar-refractivity contribution is 5.79. The molecule has 0 aliphatic rings. The van der Waals surface area contributed by atoms with Crippen LogP contribution in [0.2, 0.25) is 0 Å². The lowest BCUT2D eigenvalue weighted by atomic mass is 9.98. The number of nitrogens with zero attached hydrogens (tertiary/aromatic N) is 3. The van der Waals surface area contributed by atoms with Gasteiger partial charge in [0.2, 0.25) is 12.3 Å². The first-order valence-electron chi connectivity index (χ1n) is 10.5. The van der Waals surface area contributed by atoms with E-state index in [0.717, 1.165) is 16.9 Å². The molecule has 2 unspecified atom stereocenters. The van der Waals surface area contributed by atoms with Gasteiger partial charge in [-0.15, -0.1) is 5.10 Å². The fraction of sp³-hybridized carbons (Fsp3) is 0.545. The van der Waals surface area contributed by atoms with E-state index in [4.69, 9.17) is 9.84 Å². The quantitative estimate of drug-likeness (QED) is 0.484. The van der Waals surface area contributed by atoms with E-state index in [9.17, 15) is 18.4 Å². The molecule has 8 nitrogen and oxygen atoms in total. The lowest BCUT2D eigenvalue weighted by Crippen LogP contribution is -2.41. The van der Waals surface area contributed by atoms with Crippen LogP contribution in [0, 0.1) is 19.8 Å². The molecule has 1 aromatic carbocycles. The number of rotatable bonds is 13. The van der Waals surface area contributed by atoms with Crippen molar-refractivity contribution in [2.75, 3.05) is 6.61 Å². The molecule has 2 N–H and O–H groups in total. The summed E-state index contributed by atoms with van der Waals surface area (Å²) in [5, 5.41) is 19.3. The normalized spacial score (nSPS) is 13.1. The van der Waals surface area contributed by atoms with Gasteiger partial charge >= 0.3 is 5.97 Å². The van der Waals surface area contributed by atoms with E-state index < -0.39 is 30.6 Å². The third-order valence-electron chi connectivity index (χ3n) is 4.93. The third-order valence-corrected chi connectivity index (χ3v) is 4.93. The molecule has 2 aromatic rings. The molecule has 0 fully saturated rings. The summed E-state index contributed by atoms with van der Waals surface area (Å²) in [6.45, 7) is 6.16. The average molecular weight is 453 g/mol. The van der Waals surface area contributed by atoms with Crippen molar-refractivity contribution in [1.29, 1.82) is 0 Å². The van der Waals surface area contributed by atoms with E-state index in [1.165, 1.54) is 4.68 Å². The number of carboxylic acid groups (broad SMARTS) is 1. The van der Waals surface area contributed by atoms with Crippen LogP contribution in [0.5, 0.6) is 5.75 Å². The van der Waals surface area contributed by atoms with Crippen LogP contribution in [0.4, 0.5) is 8.78 Å². The molecule has 0 saturated heterocycles. The van der Waals surface area contributed by atoms with E-state index in [1.807, 2.05) is 32.0 Å². The Balaban J connectivity index is 1.93. The highest BCUT2D eigenvalue weighted by Gasteiger charge is 2.26. The van der Waals surface area contributed by atoms with E-state index in [-0.39, 0.29) is 25.5 Å². The van der Waals surface area contributed by atoms with Gasteiger partial charge in [0.25, 0.3) is 0 Å². The Labute approximate surface area is 186 Å². The van der Waals surface area contributed by atoms with Crippen LogP contribution >= 0.6 is 0 Å². The predicted molar refractivity (Wildman–Crippen MR) is 114 cm³/mol. The number of aryl methyl sites for hydroxylation is 3. The van der Waals surface area contributed by atoms with Crippen LogP contribution in [-0.4, -0.2) is 51.1 Å². The molecule has 0 aliphatic carbocycles. The van der Waals surface area contributed by atoms with Crippen LogP contribution in [-0.2, 0) is 22.6 Å². The van der Waals surface area contributed by atoms with Crippen LogP contribution < -0.4 is 10.1 Å². The Bertz CT molecular complexity index is 884. The molecule has 0 saturated carbocycles. The zero-order valence-corrected chi connectivity index (χ0v) is 18.6. The maximum atomic E-state index is 13.1. The SMILES string of the molecule is Cc1cccc(C)c1OCC(C)NC(=O)C(Cc1cn(CCCC(=O)O)nn1)CC(F)F. The van der Waals surface area contributed by atoms with Crippen LogP contribution in [0.15, 0.2) is 24.4 Å². The molecule has 1 aromatic heterocycles. The maximum absolute atomic E-state index is 13.1. The molecule has 1 amide bonds. The average Bonchev–Trinajstić information content (AvgIpc) is 3.13. The van der Waals surface area contributed by atoms with Crippen molar-refractivity contribution < 1.29 is 28.2 Å². The Hall–Kier alpha value is -3.04. The molecule has 2 rings (SSSR count). The molecule has 0 radical (unpaired) electrons. The minimum atomic E-state index is -2.64. The molecule has 0 aliphatic heterocycles. The summed E-state index contributed by atoms with van der Waals surface area (Å²) in [5.41, 5.74) is 2.36. The molecule has 10 heteroatoms. The number of carbonyl (C=O) groups is 2. The Morgan fingerprint density at radius 3 is 2.56 bits per heavy atom. The number of hydrogen-bond donors (Lipinski definition) is 2. The highest BCUT2D eigenvalue weighted by Crippen LogP contribution is 2.22. The van der Waals surface area contributed by atoms with Gasteiger partial charge in [-0.2, -0.15) is 0 Å². The Morgan fingerprint density at radius 2 is 1.94 bits per heavy atom. The number of nitrogens with one attached hydrogen (secondary N) is 1. The lowest BCUT2D eigenvalue weighted by molar-refractivity contribution is -0.137. The number of ether oxygens (including phenoxy) is 1. The van der Waals surface area contributed by atoms with Gasteiger partial charge in [-0.05, 0) is 38.3 Å². The molecule has 0 spiro atoms. The minimum absolute atomic E-state index is 0.00635. The number of para-hydroxylation sites is 1. The second-order valence-electron chi connectivity index (χ2n) is 7.94. The lowest BCUT2D eigenvalue weighted by Gasteiger charge is -2.21. The fourth-order valence-corrected chi connectivity index (χ4v) is 3.32. The first-order valence-corrected chi connectivity index (χ1v) is 10.5. The van der Waals surface area contributed by atoms with Crippen LogP contribution in [0.3, 0.4) is 0 Å². The van der Waals surface area contributed by atoms with Gasteiger partial charge in [0.05, 0.1) is 11.7 Å². The fourth-order valence-electron chi connectivity index (χ4n) is 3.32.